The van der Waals surface area contributed by atoms with Crippen LogP contribution in [0, 0.1) is 0 Å². The summed E-state index contributed by atoms with van der Waals surface area (Å²) in [6, 6.07) is 11.0. The van der Waals surface area contributed by atoms with Crippen molar-refractivity contribution in [2.24, 2.45) is 0 Å². The number of esters is 1. The minimum atomic E-state index is -0.339. The summed E-state index contributed by atoms with van der Waals surface area (Å²) in [7, 11) is 3.19. The third kappa shape index (κ3) is 2.90. The summed E-state index contributed by atoms with van der Waals surface area (Å²) in [6.07, 6.45) is 1.74. The van der Waals surface area contributed by atoms with Crippen LogP contribution in [0.5, 0.6) is 11.5 Å². The van der Waals surface area contributed by atoms with Gasteiger partial charge in [0.1, 0.15) is 0 Å². The van der Waals surface area contributed by atoms with E-state index in [4.69, 9.17) is 14.2 Å². The van der Waals surface area contributed by atoms with Crippen molar-refractivity contribution < 1.29 is 19.0 Å². The van der Waals surface area contributed by atoms with E-state index >= 15 is 0 Å². The van der Waals surface area contributed by atoms with Gasteiger partial charge in [0.2, 0.25) is 0 Å². The first-order chi connectivity index (χ1) is 11.7. The van der Waals surface area contributed by atoms with E-state index in [0.717, 1.165) is 16.8 Å². The van der Waals surface area contributed by atoms with Gasteiger partial charge in [0.15, 0.2) is 11.5 Å². The molecule has 6 nitrogen and oxygen atoms in total. The number of methoxy groups -OCH3 is 2. The molecule has 0 aliphatic carbocycles. The van der Waals surface area contributed by atoms with E-state index in [1.807, 2.05) is 24.3 Å². The van der Waals surface area contributed by atoms with Gasteiger partial charge in [-0.1, -0.05) is 0 Å². The average Bonchev–Trinajstić information content (AvgIpc) is 3.04. The fourth-order valence-corrected chi connectivity index (χ4v) is 2.47. The Bertz CT molecular complexity index is 886. The van der Waals surface area contributed by atoms with E-state index in [9.17, 15) is 4.79 Å². The summed E-state index contributed by atoms with van der Waals surface area (Å²) in [5.41, 5.74) is 2.99. The lowest BCUT2D eigenvalue weighted by molar-refractivity contribution is 0.0526. The van der Waals surface area contributed by atoms with E-state index in [1.165, 1.54) is 0 Å². The van der Waals surface area contributed by atoms with Gasteiger partial charge in [-0.2, -0.15) is 5.10 Å². The predicted octanol–water partition coefficient (Wildman–Crippen LogP) is 3.20. The van der Waals surface area contributed by atoms with Gasteiger partial charge in [-0.25, -0.2) is 9.31 Å². The number of rotatable bonds is 5. The van der Waals surface area contributed by atoms with Gasteiger partial charge in [-0.3, -0.25) is 0 Å². The summed E-state index contributed by atoms with van der Waals surface area (Å²) in [4.78, 5) is 11.8. The minimum Gasteiger partial charge on any atom is -0.493 e. The molecule has 0 N–H and O–H groups in total. The van der Waals surface area contributed by atoms with Crippen LogP contribution in [-0.2, 0) is 4.74 Å². The first kappa shape index (κ1) is 15.9. The van der Waals surface area contributed by atoms with E-state index in [0.29, 0.717) is 23.7 Å². The molecule has 0 aliphatic rings. The largest absolute Gasteiger partial charge is 0.493 e. The van der Waals surface area contributed by atoms with Crippen molar-refractivity contribution >= 4 is 11.5 Å². The van der Waals surface area contributed by atoms with Crippen LogP contribution in [0.4, 0.5) is 0 Å². The molecule has 3 rings (SSSR count). The van der Waals surface area contributed by atoms with Gasteiger partial charge in [0, 0.05) is 11.8 Å². The van der Waals surface area contributed by atoms with Crippen molar-refractivity contribution in [2.75, 3.05) is 20.8 Å². The number of carbonyl (C=O) groups excluding carboxylic acids is 1. The highest BCUT2D eigenvalue weighted by Crippen LogP contribution is 2.32. The van der Waals surface area contributed by atoms with Crippen LogP contribution in [0.2, 0.25) is 0 Å². The van der Waals surface area contributed by atoms with Gasteiger partial charge in [0.25, 0.3) is 0 Å². The van der Waals surface area contributed by atoms with Crippen LogP contribution in [-0.4, -0.2) is 36.4 Å². The molecule has 0 saturated carbocycles. The first-order valence-electron chi connectivity index (χ1n) is 7.55. The quantitative estimate of drug-likeness (QED) is 0.674. The second-order valence-electron chi connectivity index (χ2n) is 5.10. The molecule has 3 aromatic rings. The molecule has 0 amide bonds. The third-order valence-corrected chi connectivity index (χ3v) is 3.65. The molecule has 0 fully saturated rings. The van der Waals surface area contributed by atoms with Gasteiger partial charge in [-0.05, 0) is 43.3 Å². The second-order valence-corrected chi connectivity index (χ2v) is 5.10. The number of benzene rings is 1. The van der Waals surface area contributed by atoms with Crippen LogP contribution in [0.15, 0.2) is 42.6 Å². The van der Waals surface area contributed by atoms with E-state index in [-0.39, 0.29) is 5.97 Å². The molecular formula is C18H18N2O4. The standard InChI is InChI=1S/C18H18N2O4/c1-4-24-18(21)13-7-8-20-14(9-13)11-15(19-20)12-5-6-16(22-2)17(10-12)23-3/h5-11H,4H2,1-3H3. The molecule has 24 heavy (non-hydrogen) atoms. The SMILES string of the molecule is CCOC(=O)c1ccn2nc(-c3ccc(OC)c(OC)c3)cc2c1. The van der Waals surface area contributed by atoms with Crippen molar-refractivity contribution in [1.29, 1.82) is 0 Å². The lowest BCUT2D eigenvalue weighted by Crippen LogP contribution is -2.05. The molecule has 0 radical (unpaired) electrons. The maximum atomic E-state index is 11.8. The summed E-state index contributed by atoms with van der Waals surface area (Å²) in [5.74, 6) is 0.961. The van der Waals surface area contributed by atoms with Crippen molar-refractivity contribution in [3.63, 3.8) is 0 Å². The average molecular weight is 326 g/mol. The topological polar surface area (TPSA) is 62.1 Å². The number of nitrogens with zero attached hydrogens (tertiary/aromatic N) is 2. The Labute approximate surface area is 139 Å². The third-order valence-electron chi connectivity index (χ3n) is 3.65. The number of hydrogen-bond acceptors (Lipinski definition) is 5. The van der Waals surface area contributed by atoms with Crippen LogP contribution in [0.3, 0.4) is 0 Å². The molecule has 0 aliphatic heterocycles. The van der Waals surface area contributed by atoms with Crippen LogP contribution in [0.25, 0.3) is 16.8 Å². The van der Waals surface area contributed by atoms with Crippen molar-refractivity contribution in [2.45, 2.75) is 6.92 Å². The number of fused-ring (bicyclic) bond motifs is 1. The van der Waals surface area contributed by atoms with Crippen LogP contribution >= 0.6 is 0 Å². The predicted molar refractivity (Wildman–Crippen MR) is 89.7 cm³/mol. The molecule has 0 spiro atoms. The molecule has 2 aromatic heterocycles. The van der Waals surface area contributed by atoms with Crippen LogP contribution < -0.4 is 9.47 Å². The fraction of sp³-hybridized carbons (Fsp3) is 0.222. The summed E-state index contributed by atoms with van der Waals surface area (Å²) >= 11 is 0. The zero-order chi connectivity index (χ0) is 17.1. The van der Waals surface area contributed by atoms with Crippen LogP contribution in [0.1, 0.15) is 17.3 Å². The second kappa shape index (κ2) is 6.62. The zero-order valence-corrected chi connectivity index (χ0v) is 13.8. The lowest BCUT2D eigenvalue weighted by Gasteiger charge is -2.08. The normalized spacial score (nSPS) is 10.6. The first-order valence-corrected chi connectivity index (χ1v) is 7.55. The van der Waals surface area contributed by atoms with E-state index < -0.39 is 0 Å². The van der Waals surface area contributed by atoms with Gasteiger partial charge < -0.3 is 14.2 Å². The molecule has 6 heteroatoms. The number of ether oxygens (including phenoxy) is 3. The number of hydrogen-bond donors (Lipinski definition) is 0. The van der Waals surface area contributed by atoms with E-state index in [2.05, 4.69) is 5.10 Å². The number of pyridine rings is 1. The maximum Gasteiger partial charge on any atom is 0.338 e. The summed E-state index contributed by atoms with van der Waals surface area (Å²) in [5, 5.41) is 4.53. The van der Waals surface area contributed by atoms with Gasteiger partial charge in [-0.15, -0.1) is 0 Å². The minimum absolute atomic E-state index is 0.339. The molecule has 0 bridgehead atoms. The Morgan fingerprint density at radius 3 is 2.58 bits per heavy atom. The molecule has 124 valence electrons. The Kier molecular flexibility index (Phi) is 4.37. The maximum absolute atomic E-state index is 11.8. The zero-order valence-electron chi connectivity index (χ0n) is 13.8. The molecule has 2 heterocycles. The molecule has 0 atom stereocenters. The van der Waals surface area contributed by atoms with Gasteiger partial charge in [0.05, 0.1) is 37.6 Å². The highest BCUT2D eigenvalue weighted by molar-refractivity contribution is 5.90. The summed E-state index contributed by atoms with van der Waals surface area (Å²) < 4.78 is 17.3. The monoisotopic (exact) mass is 326 g/mol. The van der Waals surface area contributed by atoms with Gasteiger partial charge >= 0.3 is 5.97 Å². The van der Waals surface area contributed by atoms with E-state index in [1.54, 1.807) is 44.0 Å². The Balaban J connectivity index is 2.00. The number of carbonyl (C=O) groups is 1. The van der Waals surface area contributed by atoms with Crippen molar-refractivity contribution in [3.8, 4) is 22.8 Å². The number of aromatic nitrogens is 2. The highest BCUT2D eigenvalue weighted by Gasteiger charge is 2.12. The smallest absolute Gasteiger partial charge is 0.338 e. The fourth-order valence-electron chi connectivity index (χ4n) is 2.47. The van der Waals surface area contributed by atoms with Crippen molar-refractivity contribution in [3.05, 3.63) is 48.2 Å². The molecule has 1 aromatic carbocycles. The Hall–Kier alpha value is -3.02. The van der Waals surface area contributed by atoms with Crippen molar-refractivity contribution in [1.82, 2.24) is 9.61 Å². The Morgan fingerprint density at radius 1 is 1.08 bits per heavy atom. The summed E-state index contributed by atoms with van der Waals surface area (Å²) in [6.45, 7) is 2.13. The Morgan fingerprint density at radius 2 is 1.88 bits per heavy atom. The molecule has 0 saturated heterocycles. The molecule has 0 unspecified atom stereocenters. The molecular weight excluding hydrogens is 308 g/mol. The lowest BCUT2D eigenvalue weighted by atomic mass is 10.1. The highest BCUT2D eigenvalue weighted by atomic mass is 16.5.